The average molecular weight is 467 g/mol. The lowest BCUT2D eigenvalue weighted by Gasteiger charge is -2.15. The molecule has 9 nitrogen and oxygen atoms in total. The van der Waals surface area contributed by atoms with E-state index in [4.69, 9.17) is 21.7 Å². The van der Waals surface area contributed by atoms with Crippen molar-refractivity contribution in [2.75, 3.05) is 6.54 Å². The lowest BCUT2D eigenvalue weighted by atomic mass is 9.93. The molecule has 2 aromatic carbocycles. The second-order valence-electron chi connectivity index (χ2n) is 7.64. The van der Waals surface area contributed by atoms with Gasteiger partial charge in [0.05, 0.1) is 12.3 Å². The number of H-pyrrole nitrogens is 2. The van der Waals surface area contributed by atoms with E-state index < -0.39 is 36.1 Å². The molecule has 34 heavy (non-hydrogen) atoms. The second kappa shape index (κ2) is 12.9. The number of para-hydroxylation sites is 2. The Labute approximate surface area is 196 Å². The first kappa shape index (κ1) is 26.3. The van der Waals surface area contributed by atoms with Crippen LogP contribution in [-0.2, 0) is 20.8 Å². The van der Waals surface area contributed by atoms with Crippen LogP contribution in [0.15, 0.2) is 67.0 Å². The summed E-state index contributed by atoms with van der Waals surface area (Å²) in [4.78, 5) is 37.8. The van der Waals surface area contributed by atoms with Crippen molar-refractivity contribution < 1.29 is 24.6 Å². The number of carboxylic acids is 2. The van der Waals surface area contributed by atoms with E-state index in [1.54, 1.807) is 0 Å². The Kier molecular flexibility index (Phi) is 10.0. The highest BCUT2D eigenvalue weighted by Crippen LogP contribution is 2.17. The Morgan fingerprint density at radius 3 is 2.18 bits per heavy atom. The van der Waals surface area contributed by atoms with Crippen molar-refractivity contribution in [1.82, 2.24) is 9.97 Å². The van der Waals surface area contributed by atoms with E-state index in [0.717, 1.165) is 13.3 Å². The summed E-state index contributed by atoms with van der Waals surface area (Å²) < 4.78 is 0. The number of aromatic nitrogens is 2. The van der Waals surface area contributed by atoms with Gasteiger partial charge in [0.2, 0.25) is 0 Å². The summed E-state index contributed by atoms with van der Waals surface area (Å²) in [5, 5.41) is 19.4. The maximum Gasteiger partial charge on any atom is 0.321 e. The lowest BCUT2D eigenvalue weighted by Crippen LogP contribution is -2.42. The molecule has 2 aromatic heterocycles. The maximum atomic E-state index is 10.8. The number of carbonyl (C=O) groups excluding carboxylic acids is 1. The van der Waals surface area contributed by atoms with Crippen LogP contribution in [0.2, 0.25) is 0 Å². The van der Waals surface area contributed by atoms with Gasteiger partial charge in [-0.15, -0.1) is 0 Å². The molecule has 0 saturated carbocycles. The predicted molar refractivity (Wildman–Crippen MR) is 131 cm³/mol. The molecule has 9 heteroatoms. The molecule has 0 fully saturated rings. The number of aromatic amines is 2. The van der Waals surface area contributed by atoms with Crippen LogP contribution in [0.3, 0.4) is 0 Å². The highest BCUT2D eigenvalue weighted by molar-refractivity contribution is 5.89. The van der Waals surface area contributed by atoms with E-state index in [2.05, 4.69) is 46.4 Å². The smallest absolute Gasteiger partial charge is 0.321 e. The zero-order valence-corrected chi connectivity index (χ0v) is 18.9. The van der Waals surface area contributed by atoms with Crippen molar-refractivity contribution in [2.45, 2.75) is 25.8 Å². The molecule has 4 rings (SSSR count). The predicted octanol–water partition coefficient (Wildman–Crippen LogP) is 2.92. The molecule has 0 aliphatic carbocycles. The SMILES string of the molecule is CC(=O)C(CC(=O)O)[C@H](N)C(=O)O.NCCc1c[nH]c2ccccc12.c1ccc2[nH]ccc2c1. The third-order valence-electron chi connectivity index (χ3n) is 5.19. The highest BCUT2D eigenvalue weighted by atomic mass is 16.4. The minimum Gasteiger partial charge on any atom is -0.481 e. The van der Waals surface area contributed by atoms with Gasteiger partial charge >= 0.3 is 11.9 Å². The van der Waals surface area contributed by atoms with Gasteiger partial charge in [-0.2, -0.15) is 0 Å². The molecule has 0 aliphatic heterocycles. The van der Waals surface area contributed by atoms with Crippen molar-refractivity contribution in [2.24, 2.45) is 17.4 Å². The number of Topliss-reactive ketones (excluding diaryl/α,β-unsaturated/α-hetero) is 1. The molecular formula is C25H30N4O5. The Morgan fingerprint density at radius 2 is 1.59 bits per heavy atom. The van der Waals surface area contributed by atoms with Crippen molar-refractivity contribution in [3.05, 3.63) is 72.6 Å². The molecule has 0 bridgehead atoms. The molecule has 0 aliphatic rings. The topological polar surface area (TPSA) is 175 Å². The molecule has 0 saturated heterocycles. The van der Waals surface area contributed by atoms with Crippen molar-refractivity contribution in [3.8, 4) is 0 Å². The fourth-order valence-corrected chi connectivity index (χ4v) is 3.37. The number of hydrogen-bond donors (Lipinski definition) is 6. The fourth-order valence-electron chi connectivity index (χ4n) is 3.37. The van der Waals surface area contributed by atoms with Crippen LogP contribution in [0.25, 0.3) is 21.8 Å². The number of carbonyl (C=O) groups is 3. The first-order chi connectivity index (χ1) is 16.2. The first-order valence-corrected chi connectivity index (χ1v) is 10.7. The summed E-state index contributed by atoms with van der Waals surface area (Å²) in [7, 11) is 0. The number of carboxylic acid groups (broad SMARTS) is 2. The molecule has 4 aromatic rings. The van der Waals surface area contributed by atoms with Crippen LogP contribution in [0, 0.1) is 5.92 Å². The molecule has 0 spiro atoms. The van der Waals surface area contributed by atoms with E-state index in [9.17, 15) is 14.4 Å². The van der Waals surface area contributed by atoms with E-state index >= 15 is 0 Å². The highest BCUT2D eigenvalue weighted by Gasteiger charge is 2.29. The summed E-state index contributed by atoms with van der Waals surface area (Å²) in [5.41, 5.74) is 14.3. The summed E-state index contributed by atoms with van der Waals surface area (Å²) in [5.74, 6) is -4.30. The Hall–Kier alpha value is -3.95. The summed E-state index contributed by atoms with van der Waals surface area (Å²) in [6.45, 7) is 1.83. The first-order valence-electron chi connectivity index (χ1n) is 10.7. The standard InChI is InChI=1S/C10H12N2.C8H7N.C7H11NO5/c11-6-5-8-7-12-10-4-2-1-3-9(8)10;1-2-4-8-7(3-1)5-6-9-8;1-3(9)4(2-5(10)11)6(8)7(12)13/h1-4,7,12H,5-6,11H2;1-6,9H;4,6H,2,8H2,1H3,(H,10,11)(H,12,13)/t;;4?,6-/m..0/s1. The summed E-state index contributed by atoms with van der Waals surface area (Å²) in [6, 6.07) is 17.1. The van der Waals surface area contributed by atoms with Crippen molar-refractivity contribution in [1.29, 1.82) is 0 Å². The maximum absolute atomic E-state index is 10.8. The third kappa shape index (κ3) is 7.58. The normalized spacial score (nSPS) is 12.1. The molecule has 0 radical (unpaired) electrons. The average Bonchev–Trinajstić information content (AvgIpc) is 3.45. The minimum absolute atomic E-state index is 0.530. The Bertz CT molecular complexity index is 1200. The molecule has 8 N–H and O–H groups in total. The van der Waals surface area contributed by atoms with Gasteiger partial charge < -0.3 is 31.6 Å². The van der Waals surface area contributed by atoms with E-state index in [1.165, 1.54) is 27.4 Å². The van der Waals surface area contributed by atoms with Gasteiger partial charge in [-0.1, -0.05) is 36.4 Å². The number of aliphatic carboxylic acids is 2. The van der Waals surface area contributed by atoms with Crippen molar-refractivity contribution in [3.63, 3.8) is 0 Å². The van der Waals surface area contributed by atoms with E-state index in [0.29, 0.717) is 6.54 Å². The monoisotopic (exact) mass is 466 g/mol. The zero-order valence-electron chi connectivity index (χ0n) is 18.9. The molecule has 2 atom stereocenters. The zero-order chi connectivity index (χ0) is 25.1. The van der Waals surface area contributed by atoms with Gasteiger partial charge in [-0.3, -0.25) is 14.4 Å². The van der Waals surface area contributed by atoms with Crippen LogP contribution in [0.5, 0.6) is 0 Å². The second-order valence-corrected chi connectivity index (χ2v) is 7.64. The quantitative estimate of drug-likeness (QED) is 0.243. The molecule has 2 heterocycles. The van der Waals surface area contributed by atoms with Gasteiger partial charge in [0.1, 0.15) is 11.8 Å². The molecule has 180 valence electrons. The number of hydrogen-bond acceptors (Lipinski definition) is 5. The van der Waals surface area contributed by atoms with Crippen LogP contribution < -0.4 is 11.5 Å². The van der Waals surface area contributed by atoms with Gasteiger partial charge in [0.25, 0.3) is 0 Å². The fraction of sp³-hybridized carbons (Fsp3) is 0.240. The number of benzene rings is 2. The Balaban J connectivity index is 0.000000182. The molecule has 1 unspecified atom stereocenters. The van der Waals surface area contributed by atoms with Gasteiger partial charge in [0.15, 0.2) is 0 Å². The van der Waals surface area contributed by atoms with Crippen LogP contribution in [-0.4, -0.2) is 50.5 Å². The van der Waals surface area contributed by atoms with E-state index in [1.807, 2.05) is 30.6 Å². The third-order valence-corrected chi connectivity index (χ3v) is 5.19. The van der Waals surface area contributed by atoms with Gasteiger partial charge in [0, 0.05) is 28.8 Å². The minimum atomic E-state index is -1.45. The largest absolute Gasteiger partial charge is 0.481 e. The van der Waals surface area contributed by atoms with Crippen LogP contribution >= 0.6 is 0 Å². The molecular weight excluding hydrogens is 436 g/mol. The Morgan fingerprint density at radius 1 is 0.941 bits per heavy atom. The van der Waals surface area contributed by atoms with Crippen LogP contribution in [0.4, 0.5) is 0 Å². The lowest BCUT2D eigenvalue weighted by molar-refractivity contribution is -0.145. The van der Waals surface area contributed by atoms with E-state index in [-0.39, 0.29) is 0 Å². The number of nitrogens with one attached hydrogen (secondary N) is 2. The van der Waals surface area contributed by atoms with Gasteiger partial charge in [-0.05, 0) is 49.0 Å². The number of fused-ring (bicyclic) bond motifs is 2. The number of ketones is 1. The molecule has 0 amide bonds. The van der Waals surface area contributed by atoms with Crippen LogP contribution in [0.1, 0.15) is 18.9 Å². The summed E-state index contributed by atoms with van der Waals surface area (Å²) in [6.07, 6.45) is 4.38. The van der Waals surface area contributed by atoms with Crippen molar-refractivity contribution >= 4 is 39.5 Å². The number of nitrogens with two attached hydrogens (primary N) is 2. The number of rotatable bonds is 7. The van der Waals surface area contributed by atoms with Gasteiger partial charge in [-0.25, -0.2) is 0 Å². The summed E-state index contributed by atoms with van der Waals surface area (Å²) >= 11 is 0.